The van der Waals surface area contributed by atoms with E-state index in [0.717, 1.165) is 43.0 Å². The molecular formula is C19H22N4O. The smallest absolute Gasteiger partial charge is 0.201 e. The van der Waals surface area contributed by atoms with Gasteiger partial charge in [-0.2, -0.15) is 0 Å². The molecule has 5 nitrogen and oxygen atoms in total. The lowest BCUT2D eigenvalue weighted by Crippen LogP contribution is -2.34. The van der Waals surface area contributed by atoms with Crippen molar-refractivity contribution in [1.29, 1.82) is 0 Å². The van der Waals surface area contributed by atoms with Crippen LogP contribution in [0.2, 0.25) is 0 Å². The fraction of sp³-hybridized carbons (Fsp3) is 0.316. The Morgan fingerprint density at radius 2 is 1.92 bits per heavy atom. The predicted molar refractivity (Wildman–Crippen MR) is 95.8 cm³/mol. The van der Waals surface area contributed by atoms with E-state index < -0.39 is 0 Å². The van der Waals surface area contributed by atoms with Crippen LogP contribution in [-0.2, 0) is 6.54 Å². The molecule has 24 heavy (non-hydrogen) atoms. The van der Waals surface area contributed by atoms with Crippen LogP contribution < -0.4 is 5.32 Å². The van der Waals surface area contributed by atoms with Gasteiger partial charge in [-0.1, -0.05) is 42.5 Å². The van der Waals surface area contributed by atoms with Gasteiger partial charge in [-0.15, -0.1) is 0 Å². The summed E-state index contributed by atoms with van der Waals surface area (Å²) < 4.78 is 0. The van der Waals surface area contributed by atoms with Gasteiger partial charge in [0.05, 0.1) is 17.1 Å². The second-order valence-corrected chi connectivity index (χ2v) is 6.44. The Bertz CT molecular complexity index is 768. The lowest BCUT2D eigenvalue weighted by molar-refractivity contribution is 0.173. The van der Waals surface area contributed by atoms with E-state index in [1.165, 1.54) is 5.56 Å². The van der Waals surface area contributed by atoms with E-state index in [4.69, 9.17) is 0 Å². The Kier molecular flexibility index (Phi) is 4.19. The lowest BCUT2D eigenvalue weighted by atomic mass is 10.1. The highest BCUT2D eigenvalue weighted by Crippen LogP contribution is 2.21. The Morgan fingerprint density at radius 3 is 2.75 bits per heavy atom. The Labute approximate surface area is 141 Å². The largest absolute Gasteiger partial charge is 0.392 e. The minimum Gasteiger partial charge on any atom is -0.392 e. The number of hydrogen-bond donors (Lipinski definition) is 3. The molecule has 1 aromatic heterocycles. The third-order valence-electron chi connectivity index (χ3n) is 4.63. The number of aromatic amines is 1. The van der Waals surface area contributed by atoms with Crippen molar-refractivity contribution < 1.29 is 5.11 Å². The van der Waals surface area contributed by atoms with Crippen LogP contribution in [-0.4, -0.2) is 45.2 Å². The zero-order valence-electron chi connectivity index (χ0n) is 13.5. The van der Waals surface area contributed by atoms with E-state index in [1.807, 2.05) is 30.3 Å². The van der Waals surface area contributed by atoms with Gasteiger partial charge in [0, 0.05) is 25.7 Å². The fourth-order valence-corrected chi connectivity index (χ4v) is 3.43. The van der Waals surface area contributed by atoms with E-state index in [9.17, 15) is 5.11 Å². The first kappa shape index (κ1) is 15.2. The van der Waals surface area contributed by atoms with E-state index in [2.05, 4.69) is 44.5 Å². The minimum atomic E-state index is -0.254. The Hall–Kier alpha value is -2.37. The molecule has 1 aliphatic rings. The molecule has 0 unspecified atom stereocenters. The Balaban J connectivity index is 1.42. The summed E-state index contributed by atoms with van der Waals surface area (Å²) in [6.45, 7) is 2.36. The zero-order chi connectivity index (χ0) is 16.4. The third-order valence-corrected chi connectivity index (χ3v) is 4.63. The number of aliphatic hydroxyl groups is 1. The molecule has 2 aromatic carbocycles. The molecule has 0 saturated carbocycles. The van der Waals surface area contributed by atoms with Crippen LogP contribution in [0.15, 0.2) is 54.6 Å². The molecule has 1 aliphatic heterocycles. The standard InChI is InChI=1S/C19H22N4O/c24-16-10-15(23(13-16)12-14-6-2-1-3-7-14)11-20-19-21-17-8-4-5-9-18(17)22-19/h1-9,15-16,24H,10-13H2,(H2,20,21,22)/t15-,16-/m1/s1. The van der Waals surface area contributed by atoms with Gasteiger partial charge in [-0.25, -0.2) is 4.98 Å². The number of aliphatic hydroxyl groups excluding tert-OH is 1. The molecule has 4 rings (SSSR count). The van der Waals surface area contributed by atoms with Crippen LogP contribution in [0, 0.1) is 0 Å². The number of aromatic nitrogens is 2. The fourth-order valence-electron chi connectivity index (χ4n) is 3.43. The van der Waals surface area contributed by atoms with Gasteiger partial charge in [0.25, 0.3) is 0 Å². The van der Waals surface area contributed by atoms with Gasteiger partial charge >= 0.3 is 0 Å². The summed E-state index contributed by atoms with van der Waals surface area (Å²) in [7, 11) is 0. The van der Waals surface area contributed by atoms with Crippen LogP contribution in [0.1, 0.15) is 12.0 Å². The zero-order valence-corrected chi connectivity index (χ0v) is 13.5. The number of nitrogens with zero attached hydrogens (tertiary/aromatic N) is 2. The molecule has 2 atom stereocenters. The summed E-state index contributed by atoms with van der Waals surface area (Å²) in [5, 5.41) is 13.5. The first-order valence-electron chi connectivity index (χ1n) is 8.42. The predicted octanol–water partition coefficient (Wildman–Crippen LogP) is 2.61. The molecule has 3 N–H and O–H groups in total. The van der Waals surface area contributed by atoms with Crippen molar-refractivity contribution in [3.05, 3.63) is 60.2 Å². The molecule has 0 bridgehead atoms. The van der Waals surface area contributed by atoms with Crippen molar-refractivity contribution in [3.8, 4) is 0 Å². The summed E-state index contributed by atoms with van der Waals surface area (Å²) in [5.74, 6) is 0.789. The van der Waals surface area contributed by atoms with Crippen LogP contribution in [0.3, 0.4) is 0 Å². The number of nitrogens with one attached hydrogen (secondary N) is 2. The summed E-state index contributed by atoms with van der Waals surface area (Å²) in [6.07, 6.45) is 0.538. The second-order valence-electron chi connectivity index (χ2n) is 6.44. The van der Waals surface area contributed by atoms with Crippen molar-refractivity contribution >= 4 is 17.0 Å². The monoisotopic (exact) mass is 322 g/mol. The van der Waals surface area contributed by atoms with Gasteiger partial charge in [0.15, 0.2) is 0 Å². The van der Waals surface area contributed by atoms with Crippen molar-refractivity contribution in [2.75, 3.05) is 18.4 Å². The van der Waals surface area contributed by atoms with Crippen LogP contribution in [0.5, 0.6) is 0 Å². The van der Waals surface area contributed by atoms with E-state index in [1.54, 1.807) is 0 Å². The molecule has 5 heteroatoms. The van der Waals surface area contributed by atoms with Gasteiger partial charge in [-0.05, 0) is 24.1 Å². The van der Waals surface area contributed by atoms with Crippen LogP contribution >= 0.6 is 0 Å². The summed E-state index contributed by atoms with van der Waals surface area (Å²) in [4.78, 5) is 10.2. The molecule has 0 radical (unpaired) electrons. The molecule has 1 saturated heterocycles. The molecule has 124 valence electrons. The average Bonchev–Trinajstić information content (AvgIpc) is 3.16. The average molecular weight is 322 g/mol. The highest BCUT2D eigenvalue weighted by atomic mass is 16.3. The first-order chi connectivity index (χ1) is 11.8. The maximum atomic E-state index is 10.1. The number of likely N-dealkylation sites (tertiary alicyclic amines) is 1. The summed E-state index contributed by atoms with van der Waals surface area (Å²) in [6, 6.07) is 18.7. The normalized spacial score (nSPS) is 21.4. The van der Waals surface area contributed by atoms with Gasteiger partial charge < -0.3 is 15.4 Å². The van der Waals surface area contributed by atoms with Gasteiger partial charge in [0.1, 0.15) is 0 Å². The maximum Gasteiger partial charge on any atom is 0.201 e. The Morgan fingerprint density at radius 1 is 1.12 bits per heavy atom. The maximum absolute atomic E-state index is 10.1. The molecule has 0 amide bonds. The van der Waals surface area contributed by atoms with E-state index in [0.29, 0.717) is 6.04 Å². The first-order valence-corrected chi connectivity index (χ1v) is 8.42. The molecule has 1 fully saturated rings. The van der Waals surface area contributed by atoms with Gasteiger partial charge in [-0.3, -0.25) is 4.90 Å². The molecule has 0 aliphatic carbocycles. The molecule has 3 aromatic rings. The number of hydrogen-bond acceptors (Lipinski definition) is 4. The van der Waals surface area contributed by atoms with Crippen molar-refractivity contribution in [2.24, 2.45) is 0 Å². The number of benzene rings is 2. The molecule has 2 heterocycles. The highest BCUT2D eigenvalue weighted by Gasteiger charge is 2.30. The molecule has 0 spiro atoms. The lowest BCUT2D eigenvalue weighted by Gasteiger charge is -2.24. The van der Waals surface area contributed by atoms with Crippen molar-refractivity contribution in [3.63, 3.8) is 0 Å². The second kappa shape index (κ2) is 6.63. The number of imidazole rings is 1. The van der Waals surface area contributed by atoms with Crippen LogP contribution in [0.4, 0.5) is 5.95 Å². The topological polar surface area (TPSA) is 64.2 Å². The number of rotatable bonds is 5. The minimum absolute atomic E-state index is 0.254. The SMILES string of the molecule is O[C@@H]1C[C@H](CNc2nc3ccccc3[nH]2)N(Cc2ccccc2)C1. The van der Waals surface area contributed by atoms with Crippen molar-refractivity contribution in [1.82, 2.24) is 14.9 Å². The summed E-state index contributed by atoms with van der Waals surface area (Å²) in [5.41, 5.74) is 3.28. The number of H-pyrrole nitrogens is 1. The van der Waals surface area contributed by atoms with Gasteiger partial charge in [0.2, 0.25) is 5.95 Å². The summed E-state index contributed by atoms with van der Waals surface area (Å²) >= 11 is 0. The number of fused-ring (bicyclic) bond motifs is 1. The quantitative estimate of drug-likeness (QED) is 0.676. The van der Waals surface area contributed by atoms with E-state index >= 15 is 0 Å². The van der Waals surface area contributed by atoms with Crippen molar-refractivity contribution in [2.45, 2.75) is 25.1 Å². The highest BCUT2D eigenvalue weighted by molar-refractivity contribution is 5.77. The van der Waals surface area contributed by atoms with Crippen LogP contribution in [0.25, 0.3) is 11.0 Å². The number of anilines is 1. The van der Waals surface area contributed by atoms with E-state index in [-0.39, 0.29) is 6.10 Å². The third kappa shape index (κ3) is 3.27. The number of para-hydroxylation sites is 2. The number of β-amino-alcohol motifs (C(OH)–C–C–N with tert-alkyl or cyclic N) is 1. The molecular weight excluding hydrogens is 300 g/mol.